The predicted molar refractivity (Wildman–Crippen MR) is 111 cm³/mol. The third kappa shape index (κ3) is 4.60. The van der Waals surface area contributed by atoms with E-state index >= 15 is 0 Å². The lowest BCUT2D eigenvalue weighted by Crippen LogP contribution is -2.47. The molecule has 136 valence electrons. The number of aryl methyl sites for hydroxylation is 1. The van der Waals surface area contributed by atoms with E-state index in [1.165, 1.54) is 23.4 Å². The van der Waals surface area contributed by atoms with Crippen molar-refractivity contribution in [2.75, 3.05) is 6.54 Å². The lowest BCUT2D eigenvalue weighted by molar-refractivity contribution is 0.0992. The molecular formula is C17H29IN4OS. The summed E-state index contributed by atoms with van der Waals surface area (Å²) in [5.74, 6) is 1.36. The Labute approximate surface area is 166 Å². The normalized spacial score (nSPS) is 25.9. The van der Waals surface area contributed by atoms with Crippen molar-refractivity contribution >= 4 is 41.3 Å². The van der Waals surface area contributed by atoms with Crippen molar-refractivity contribution < 1.29 is 4.74 Å². The van der Waals surface area contributed by atoms with Crippen molar-refractivity contribution in [3.8, 4) is 0 Å². The summed E-state index contributed by atoms with van der Waals surface area (Å²) in [5, 5.41) is 7.99. The molecule has 3 unspecified atom stereocenters. The van der Waals surface area contributed by atoms with E-state index in [0.717, 1.165) is 23.9 Å². The van der Waals surface area contributed by atoms with Crippen molar-refractivity contribution in [3.05, 3.63) is 15.6 Å². The minimum absolute atomic E-state index is 0. The Morgan fingerprint density at radius 3 is 2.75 bits per heavy atom. The van der Waals surface area contributed by atoms with Crippen LogP contribution in [0.2, 0.25) is 0 Å². The summed E-state index contributed by atoms with van der Waals surface area (Å²) in [5.41, 5.74) is 1.21. The molecule has 5 nitrogen and oxygen atoms in total. The van der Waals surface area contributed by atoms with Crippen LogP contribution in [-0.4, -0.2) is 35.7 Å². The lowest BCUT2D eigenvalue weighted by Gasteiger charge is -2.22. The van der Waals surface area contributed by atoms with Crippen molar-refractivity contribution in [2.24, 2.45) is 4.99 Å². The number of nitrogens with zero attached hydrogens (tertiary/aromatic N) is 2. The molecule has 2 aliphatic heterocycles. The van der Waals surface area contributed by atoms with E-state index in [9.17, 15) is 0 Å². The first kappa shape index (κ1) is 19.9. The highest BCUT2D eigenvalue weighted by atomic mass is 127. The number of hydrogen-bond donors (Lipinski definition) is 2. The van der Waals surface area contributed by atoms with Gasteiger partial charge >= 0.3 is 0 Å². The molecule has 0 amide bonds. The summed E-state index contributed by atoms with van der Waals surface area (Å²) < 4.78 is 5.92. The van der Waals surface area contributed by atoms with Crippen LogP contribution in [0.3, 0.4) is 0 Å². The van der Waals surface area contributed by atoms with Crippen LogP contribution in [0.4, 0.5) is 0 Å². The molecule has 2 N–H and O–H groups in total. The van der Waals surface area contributed by atoms with E-state index in [4.69, 9.17) is 14.7 Å². The summed E-state index contributed by atoms with van der Waals surface area (Å²) in [6.07, 6.45) is 4.30. The standard InChI is InChI=1S/C17H28N4OS.HI/c1-5-18-17(20-13-8-12-6-7-14(13)22-12)19-9-15-21-16(10(2)3)11(4)23-15;/h10,12-14H,5-9H2,1-4H3,(H2,18,19,20);1H. The zero-order valence-electron chi connectivity index (χ0n) is 15.0. The molecule has 0 aliphatic carbocycles. The van der Waals surface area contributed by atoms with Crippen molar-refractivity contribution in [2.45, 2.75) is 77.7 Å². The highest BCUT2D eigenvalue weighted by Crippen LogP contribution is 2.34. The highest BCUT2D eigenvalue weighted by molar-refractivity contribution is 14.0. The van der Waals surface area contributed by atoms with Crippen LogP contribution < -0.4 is 10.6 Å². The second-order valence-electron chi connectivity index (χ2n) is 6.76. The molecule has 3 heterocycles. The average molecular weight is 464 g/mol. The zero-order chi connectivity index (χ0) is 16.4. The Kier molecular flexibility index (Phi) is 7.30. The summed E-state index contributed by atoms with van der Waals surface area (Å²) in [6.45, 7) is 10.1. The molecule has 0 aromatic carbocycles. The SMILES string of the molecule is CCNC(=NCc1nc(C(C)C)c(C)s1)NC1CC2CCC1O2.I. The molecule has 0 saturated carbocycles. The van der Waals surface area contributed by atoms with E-state index in [-0.39, 0.29) is 24.0 Å². The number of aromatic nitrogens is 1. The molecule has 2 bridgehead atoms. The molecule has 1 aromatic heterocycles. The Hall–Kier alpha value is -0.410. The van der Waals surface area contributed by atoms with Crippen LogP contribution in [0.15, 0.2) is 4.99 Å². The fourth-order valence-electron chi connectivity index (χ4n) is 3.50. The van der Waals surface area contributed by atoms with Crippen LogP contribution in [0.25, 0.3) is 0 Å². The zero-order valence-corrected chi connectivity index (χ0v) is 18.1. The van der Waals surface area contributed by atoms with Crippen LogP contribution in [-0.2, 0) is 11.3 Å². The number of thiazole rings is 1. The van der Waals surface area contributed by atoms with Gasteiger partial charge in [-0.3, -0.25) is 0 Å². The number of rotatable bonds is 5. The van der Waals surface area contributed by atoms with Gasteiger partial charge in [-0.1, -0.05) is 13.8 Å². The molecule has 7 heteroatoms. The van der Waals surface area contributed by atoms with Gasteiger partial charge in [0, 0.05) is 11.4 Å². The molecule has 3 atom stereocenters. The number of nitrogens with one attached hydrogen (secondary N) is 2. The molecule has 3 rings (SSSR count). The number of aliphatic imine (C=N–C) groups is 1. The van der Waals surface area contributed by atoms with Gasteiger partial charge in [-0.05, 0) is 39.0 Å². The molecule has 2 aliphatic rings. The summed E-state index contributed by atoms with van der Waals surface area (Å²) in [4.78, 5) is 10.8. The minimum Gasteiger partial charge on any atom is -0.373 e. The van der Waals surface area contributed by atoms with Crippen LogP contribution >= 0.6 is 35.3 Å². The van der Waals surface area contributed by atoms with Gasteiger partial charge in [-0.15, -0.1) is 35.3 Å². The number of ether oxygens (including phenoxy) is 1. The fourth-order valence-corrected chi connectivity index (χ4v) is 4.51. The third-order valence-corrected chi connectivity index (χ3v) is 5.54. The topological polar surface area (TPSA) is 58.5 Å². The largest absolute Gasteiger partial charge is 0.373 e. The first-order chi connectivity index (χ1) is 11.1. The van der Waals surface area contributed by atoms with Gasteiger partial charge < -0.3 is 15.4 Å². The number of guanidine groups is 1. The molecule has 0 radical (unpaired) electrons. The van der Waals surface area contributed by atoms with E-state index in [0.29, 0.717) is 30.7 Å². The van der Waals surface area contributed by atoms with Crippen LogP contribution in [0.5, 0.6) is 0 Å². The number of halogens is 1. The second kappa shape index (κ2) is 8.80. The fraction of sp³-hybridized carbons (Fsp3) is 0.765. The molecule has 1 aromatic rings. The molecular weight excluding hydrogens is 435 g/mol. The summed E-state index contributed by atoms with van der Waals surface area (Å²) in [7, 11) is 0. The quantitative estimate of drug-likeness (QED) is 0.398. The van der Waals surface area contributed by atoms with E-state index in [2.05, 4.69) is 38.3 Å². The van der Waals surface area contributed by atoms with Gasteiger partial charge in [0.25, 0.3) is 0 Å². The highest BCUT2D eigenvalue weighted by Gasteiger charge is 2.41. The van der Waals surface area contributed by atoms with Crippen molar-refractivity contribution in [3.63, 3.8) is 0 Å². The maximum atomic E-state index is 5.92. The Bertz CT molecular complexity index is 575. The van der Waals surface area contributed by atoms with Gasteiger partial charge in [-0.2, -0.15) is 0 Å². The van der Waals surface area contributed by atoms with Gasteiger partial charge in [0.15, 0.2) is 5.96 Å². The van der Waals surface area contributed by atoms with Gasteiger partial charge in [0.1, 0.15) is 5.01 Å². The predicted octanol–water partition coefficient (Wildman–Crippen LogP) is 3.57. The monoisotopic (exact) mass is 464 g/mol. The molecule has 0 spiro atoms. The van der Waals surface area contributed by atoms with Crippen molar-refractivity contribution in [1.29, 1.82) is 0 Å². The molecule has 2 saturated heterocycles. The average Bonchev–Trinajstić information content (AvgIpc) is 3.20. The van der Waals surface area contributed by atoms with Gasteiger partial charge in [-0.25, -0.2) is 9.98 Å². The molecule has 2 fully saturated rings. The Balaban J connectivity index is 0.00000208. The van der Waals surface area contributed by atoms with Crippen LogP contribution in [0, 0.1) is 6.92 Å². The maximum absolute atomic E-state index is 5.92. The van der Waals surface area contributed by atoms with Gasteiger partial charge in [0.05, 0.1) is 30.5 Å². The Morgan fingerprint density at radius 2 is 2.21 bits per heavy atom. The van der Waals surface area contributed by atoms with E-state index in [1.807, 2.05) is 0 Å². The molecule has 24 heavy (non-hydrogen) atoms. The smallest absolute Gasteiger partial charge is 0.191 e. The number of hydrogen-bond acceptors (Lipinski definition) is 4. The summed E-state index contributed by atoms with van der Waals surface area (Å²) in [6, 6.07) is 0.399. The van der Waals surface area contributed by atoms with Crippen molar-refractivity contribution in [1.82, 2.24) is 15.6 Å². The van der Waals surface area contributed by atoms with E-state index < -0.39 is 0 Å². The summed E-state index contributed by atoms with van der Waals surface area (Å²) >= 11 is 1.76. The first-order valence-electron chi connectivity index (χ1n) is 8.73. The lowest BCUT2D eigenvalue weighted by atomic mass is 9.96. The second-order valence-corrected chi connectivity index (χ2v) is 8.05. The first-order valence-corrected chi connectivity index (χ1v) is 9.55. The minimum atomic E-state index is 0. The van der Waals surface area contributed by atoms with E-state index in [1.54, 1.807) is 11.3 Å². The maximum Gasteiger partial charge on any atom is 0.191 e. The van der Waals surface area contributed by atoms with Crippen LogP contribution in [0.1, 0.15) is 61.5 Å². The Morgan fingerprint density at radius 1 is 1.42 bits per heavy atom. The number of fused-ring (bicyclic) bond motifs is 2. The van der Waals surface area contributed by atoms with Gasteiger partial charge in [0.2, 0.25) is 0 Å². The third-order valence-electron chi connectivity index (χ3n) is 4.57.